The molecule has 0 aliphatic rings. The zero-order valence-corrected chi connectivity index (χ0v) is 12.2. The van der Waals surface area contributed by atoms with Gasteiger partial charge >= 0.3 is 5.69 Å². The molecule has 0 saturated carbocycles. The van der Waals surface area contributed by atoms with E-state index in [0.717, 1.165) is 14.0 Å². The van der Waals surface area contributed by atoms with E-state index in [4.69, 9.17) is 0 Å². The summed E-state index contributed by atoms with van der Waals surface area (Å²) in [6, 6.07) is 0.703. The Kier molecular flexibility index (Phi) is 4.95. The fourth-order valence-electron chi connectivity index (χ4n) is 1.98. The maximum Gasteiger partial charge on any atom is 0.309 e. The second kappa shape index (κ2) is 5.98. The molecule has 0 bridgehead atoms. The molecule has 0 N–H and O–H groups in total. The Balaban J connectivity index is 3.57. The lowest BCUT2D eigenvalue weighted by atomic mass is 10.1. The summed E-state index contributed by atoms with van der Waals surface area (Å²) in [4.78, 5) is 9.24. The first-order valence-electron chi connectivity index (χ1n) is 5.68. The smallest absolute Gasteiger partial charge is 0.258 e. The predicted molar refractivity (Wildman–Crippen MR) is 68.3 cm³/mol. The lowest BCUT2D eigenvalue weighted by Crippen LogP contribution is -2.32. The predicted octanol–water partition coefficient (Wildman–Crippen LogP) is 2.24. The van der Waals surface area contributed by atoms with E-state index >= 15 is 0 Å². The van der Waals surface area contributed by atoms with Crippen LogP contribution in [0, 0.1) is 29.8 Å². The van der Waals surface area contributed by atoms with Gasteiger partial charge in [-0.3, -0.25) is 10.1 Å². The molecule has 0 amide bonds. The number of benzene rings is 1. The van der Waals surface area contributed by atoms with E-state index in [2.05, 4.69) is 0 Å². The highest BCUT2D eigenvalue weighted by molar-refractivity contribution is 7.89. The van der Waals surface area contributed by atoms with Gasteiger partial charge in [-0.05, 0) is 25.5 Å². The number of sulfonamides is 1. The van der Waals surface area contributed by atoms with Crippen LogP contribution in [0.1, 0.15) is 11.1 Å². The van der Waals surface area contributed by atoms with Gasteiger partial charge in [0.05, 0.1) is 21.9 Å². The molecule has 0 unspecified atom stereocenters. The van der Waals surface area contributed by atoms with Gasteiger partial charge in [-0.15, -0.1) is 0 Å². The van der Waals surface area contributed by atoms with Crippen molar-refractivity contribution in [2.24, 2.45) is 0 Å². The summed E-state index contributed by atoms with van der Waals surface area (Å²) >= 11 is 0. The molecule has 21 heavy (non-hydrogen) atoms. The Hall–Kier alpha value is -1.68. The molecule has 10 heteroatoms. The van der Waals surface area contributed by atoms with Crippen LogP contribution in [-0.4, -0.2) is 37.7 Å². The molecule has 0 heterocycles. The van der Waals surface area contributed by atoms with Crippen LogP contribution in [0.15, 0.2) is 11.0 Å². The average molecular weight is 326 g/mol. The van der Waals surface area contributed by atoms with E-state index in [1.165, 1.54) is 6.92 Å². The summed E-state index contributed by atoms with van der Waals surface area (Å²) in [5.74, 6) is -1.18. The lowest BCUT2D eigenvalue weighted by molar-refractivity contribution is -0.388. The Morgan fingerprint density at radius 1 is 1.38 bits per heavy atom. The highest BCUT2D eigenvalue weighted by atomic mass is 32.2. The van der Waals surface area contributed by atoms with Gasteiger partial charge in [-0.1, -0.05) is 0 Å². The second-order valence-corrected chi connectivity index (χ2v) is 6.39. The molecule has 1 rings (SSSR count). The molecule has 0 aliphatic heterocycles. The van der Waals surface area contributed by atoms with Gasteiger partial charge in [-0.25, -0.2) is 17.2 Å². The molecule has 0 aromatic heterocycles. The van der Waals surface area contributed by atoms with Crippen molar-refractivity contribution in [2.45, 2.75) is 25.2 Å². The highest BCUT2D eigenvalue weighted by Gasteiger charge is 2.32. The SMILES string of the molecule is Cc1cc(F)c([N+](=O)[O-])c(C)c1S(=O)(=O)N(C)CC(F)F. The summed E-state index contributed by atoms with van der Waals surface area (Å²) in [5, 5.41) is 10.8. The summed E-state index contributed by atoms with van der Waals surface area (Å²) in [5.41, 5.74) is -1.49. The molecule has 118 valence electrons. The number of alkyl halides is 2. The van der Waals surface area contributed by atoms with E-state index in [1.807, 2.05) is 0 Å². The maximum atomic E-state index is 13.6. The van der Waals surface area contributed by atoms with Gasteiger partial charge in [0.2, 0.25) is 15.8 Å². The monoisotopic (exact) mass is 326 g/mol. The number of hydrogen-bond acceptors (Lipinski definition) is 4. The van der Waals surface area contributed by atoms with Crippen molar-refractivity contribution in [1.29, 1.82) is 0 Å². The Bertz CT molecular complexity index is 677. The van der Waals surface area contributed by atoms with Crippen LogP contribution in [0.3, 0.4) is 0 Å². The fourth-order valence-corrected chi connectivity index (χ4v) is 3.55. The number of aryl methyl sites for hydroxylation is 1. The molecule has 1 aromatic carbocycles. The van der Waals surface area contributed by atoms with Gasteiger partial charge in [0.15, 0.2) is 0 Å². The van der Waals surface area contributed by atoms with Crippen molar-refractivity contribution in [1.82, 2.24) is 4.31 Å². The fraction of sp³-hybridized carbons (Fsp3) is 0.455. The van der Waals surface area contributed by atoms with Crippen molar-refractivity contribution < 1.29 is 26.5 Å². The largest absolute Gasteiger partial charge is 0.309 e. The minimum Gasteiger partial charge on any atom is -0.258 e. The van der Waals surface area contributed by atoms with Crippen LogP contribution in [0.4, 0.5) is 18.9 Å². The van der Waals surface area contributed by atoms with Crippen molar-refractivity contribution in [3.8, 4) is 0 Å². The molecule has 0 atom stereocenters. The normalized spacial score (nSPS) is 12.2. The number of halogens is 3. The van der Waals surface area contributed by atoms with Gasteiger partial charge in [0.1, 0.15) is 0 Å². The van der Waals surface area contributed by atoms with Gasteiger partial charge < -0.3 is 0 Å². The Labute approximate surface area is 119 Å². The number of rotatable bonds is 5. The minimum absolute atomic E-state index is 0.0864. The molecule has 0 fully saturated rings. The Morgan fingerprint density at radius 2 is 1.90 bits per heavy atom. The van der Waals surface area contributed by atoms with Crippen LogP contribution in [-0.2, 0) is 10.0 Å². The molecule has 0 saturated heterocycles. The third-order valence-electron chi connectivity index (χ3n) is 2.87. The number of nitro benzene ring substituents is 1. The van der Waals surface area contributed by atoms with E-state index in [9.17, 15) is 31.7 Å². The van der Waals surface area contributed by atoms with Crippen molar-refractivity contribution in [3.05, 3.63) is 33.1 Å². The van der Waals surface area contributed by atoms with Crippen molar-refractivity contribution in [3.63, 3.8) is 0 Å². The molecular formula is C11H13F3N2O4S. The van der Waals surface area contributed by atoms with Crippen LogP contribution in [0.5, 0.6) is 0 Å². The highest BCUT2D eigenvalue weighted by Crippen LogP contribution is 2.32. The van der Waals surface area contributed by atoms with Crippen LogP contribution in [0.2, 0.25) is 0 Å². The van der Waals surface area contributed by atoms with E-state index in [1.54, 1.807) is 0 Å². The first-order chi connectivity index (χ1) is 9.50. The van der Waals surface area contributed by atoms with E-state index in [-0.39, 0.29) is 5.56 Å². The quantitative estimate of drug-likeness (QED) is 0.614. The molecule has 0 radical (unpaired) electrons. The summed E-state index contributed by atoms with van der Waals surface area (Å²) in [6.07, 6.45) is -2.90. The Morgan fingerprint density at radius 3 is 2.33 bits per heavy atom. The number of nitrogens with zero attached hydrogens (tertiary/aromatic N) is 2. The molecular weight excluding hydrogens is 313 g/mol. The van der Waals surface area contributed by atoms with E-state index < -0.39 is 49.9 Å². The van der Waals surface area contributed by atoms with Crippen molar-refractivity contribution in [2.75, 3.05) is 13.6 Å². The zero-order valence-electron chi connectivity index (χ0n) is 11.4. The maximum absolute atomic E-state index is 13.6. The number of nitro groups is 1. The second-order valence-electron chi connectivity index (χ2n) is 4.41. The molecule has 6 nitrogen and oxygen atoms in total. The first kappa shape index (κ1) is 17.4. The van der Waals surface area contributed by atoms with Crippen LogP contribution in [0.25, 0.3) is 0 Å². The van der Waals surface area contributed by atoms with Crippen LogP contribution < -0.4 is 0 Å². The first-order valence-corrected chi connectivity index (χ1v) is 7.12. The standard InChI is InChI=1S/C11H13F3N2O4S/c1-6-4-8(12)10(16(17)18)7(2)11(6)21(19,20)15(3)5-9(13)14/h4,9H,5H2,1-3H3. The number of hydrogen-bond donors (Lipinski definition) is 0. The summed E-state index contributed by atoms with van der Waals surface area (Å²) in [7, 11) is -3.46. The lowest BCUT2D eigenvalue weighted by Gasteiger charge is -2.19. The van der Waals surface area contributed by atoms with Crippen molar-refractivity contribution >= 4 is 15.7 Å². The zero-order chi connectivity index (χ0) is 16.5. The van der Waals surface area contributed by atoms with E-state index in [0.29, 0.717) is 10.4 Å². The van der Waals surface area contributed by atoms with Gasteiger partial charge in [0.25, 0.3) is 6.43 Å². The summed E-state index contributed by atoms with van der Waals surface area (Å²) in [6.45, 7) is 1.24. The van der Waals surface area contributed by atoms with Gasteiger partial charge in [0, 0.05) is 7.05 Å². The molecule has 0 aliphatic carbocycles. The third-order valence-corrected chi connectivity index (χ3v) is 4.98. The summed E-state index contributed by atoms with van der Waals surface area (Å²) < 4.78 is 63.1. The topological polar surface area (TPSA) is 80.5 Å². The molecule has 1 aromatic rings. The minimum atomic E-state index is -4.39. The van der Waals surface area contributed by atoms with Gasteiger partial charge in [-0.2, -0.15) is 8.70 Å². The molecule has 0 spiro atoms. The average Bonchev–Trinajstić information content (AvgIpc) is 2.25. The van der Waals surface area contributed by atoms with Crippen LogP contribution >= 0.6 is 0 Å². The third kappa shape index (κ3) is 3.32.